The number of hydrogen-bond donors (Lipinski definition) is 2. The molecule has 0 heterocycles. The number of non-ortho nitro benzene ring substituents is 1. The van der Waals surface area contributed by atoms with E-state index in [1.165, 1.54) is 12.1 Å². The monoisotopic (exact) mass is 305 g/mol. The number of hydrogen-bond acceptors (Lipinski definition) is 4. The van der Waals surface area contributed by atoms with Crippen molar-refractivity contribution in [1.82, 2.24) is 5.32 Å². The van der Waals surface area contributed by atoms with Gasteiger partial charge in [-0.25, -0.2) is 0 Å². The molecule has 1 aliphatic carbocycles. The fourth-order valence-corrected chi connectivity index (χ4v) is 3.09. The maximum atomic E-state index is 12.2. The summed E-state index contributed by atoms with van der Waals surface area (Å²) >= 11 is 0. The largest absolute Gasteiger partial charge is 0.349 e. The average molecular weight is 305 g/mol. The van der Waals surface area contributed by atoms with E-state index in [1.807, 2.05) is 13.0 Å². The summed E-state index contributed by atoms with van der Waals surface area (Å²) < 4.78 is 0. The molecule has 0 aromatic heterocycles. The molecule has 0 bridgehead atoms. The first-order valence-corrected chi connectivity index (χ1v) is 7.80. The van der Waals surface area contributed by atoms with E-state index in [0.717, 1.165) is 24.8 Å². The topological polar surface area (TPSA) is 98.3 Å². The summed E-state index contributed by atoms with van der Waals surface area (Å²) in [5, 5.41) is 13.8. The van der Waals surface area contributed by atoms with Gasteiger partial charge in [0.05, 0.1) is 11.0 Å². The molecule has 1 amide bonds. The van der Waals surface area contributed by atoms with E-state index in [2.05, 4.69) is 5.32 Å². The van der Waals surface area contributed by atoms with Gasteiger partial charge in [-0.15, -0.1) is 0 Å². The van der Waals surface area contributed by atoms with Gasteiger partial charge in [-0.2, -0.15) is 0 Å². The third-order valence-corrected chi connectivity index (χ3v) is 4.39. The van der Waals surface area contributed by atoms with Crippen LogP contribution in [0.4, 0.5) is 5.69 Å². The molecule has 0 aliphatic heterocycles. The van der Waals surface area contributed by atoms with E-state index in [0.29, 0.717) is 12.8 Å². The van der Waals surface area contributed by atoms with E-state index in [9.17, 15) is 14.9 Å². The standard InChI is InChI=1S/C16H23N3O3/c1-2-15(12-6-3-7-13(9-12)19(21)22)18-16(20)10-11-5-4-8-14(11)17/h3,6-7,9,11,14-15H,2,4-5,8,10,17H2,1H3,(H,18,20)/t11-,14+,15?/m0/s1. The Morgan fingerprint density at radius 1 is 1.50 bits per heavy atom. The molecule has 1 aromatic carbocycles. The Morgan fingerprint density at radius 3 is 2.86 bits per heavy atom. The van der Waals surface area contributed by atoms with E-state index < -0.39 is 4.92 Å². The molecule has 1 aliphatic rings. The van der Waals surface area contributed by atoms with Crippen molar-refractivity contribution in [2.24, 2.45) is 11.7 Å². The van der Waals surface area contributed by atoms with Gasteiger partial charge in [-0.1, -0.05) is 25.5 Å². The molecule has 2 rings (SSSR count). The zero-order valence-electron chi connectivity index (χ0n) is 12.8. The zero-order chi connectivity index (χ0) is 16.1. The maximum Gasteiger partial charge on any atom is 0.269 e. The molecule has 1 aromatic rings. The van der Waals surface area contributed by atoms with Crippen LogP contribution in [0.1, 0.15) is 50.6 Å². The minimum atomic E-state index is -0.421. The molecule has 0 radical (unpaired) electrons. The highest BCUT2D eigenvalue weighted by Gasteiger charge is 2.27. The number of nitrogens with two attached hydrogens (primary N) is 1. The second kappa shape index (κ2) is 7.35. The summed E-state index contributed by atoms with van der Waals surface area (Å²) in [4.78, 5) is 22.6. The first kappa shape index (κ1) is 16.4. The molecule has 6 heteroatoms. The Hall–Kier alpha value is -1.95. The molecule has 0 spiro atoms. The lowest BCUT2D eigenvalue weighted by atomic mass is 9.98. The number of nitrogens with zero attached hydrogens (tertiary/aromatic N) is 1. The van der Waals surface area contributed by atoms with Crippen LogP contribution >= 0.6 is 0 Å². The van der Waals surface area contributed by atoms with Gasteiger partial charge >= 0.3 is 0 Å². The first-order valence-electron chi connectivity index (χ1n) is 7.80. The van der Waals surface area contributed by atoms with Crippen molar-refractivity contribution in [3.63, 3.8) is 0 Å². The highest BCUT2D eigenvalue weighted by molar-refractivity contribution is 5.76. The lowest BCUT2D eigenvalue weighted by Crippen LogP contribution is -2.33. The summed E-state index contributed by atoms with van der Waals surface area (Å²) in [6.07, 6.45) is 4.19. The second-order valence-electron chi connectivity index (χ2n) is 5.94. The molecule has 1 fully saturated rings. The molecular weight excluding hydrogens is 282 g/mol. The van der Waals surface area contributed by atoms with Crippen LogP contribution in [0.25, 0.3) is 0 Å². The lowest BCUT2D eigenvalue weighted by molar-refractivity contribution is -0.384. The van der Waals surface area contributed by atoms with Crippen LogP contribution in [-0.2, 0) is 4.79 Å². The average Bonchev–Trinajstić information content (AvgIpc) is 2.90. The van der Waals surface area contributed by atoms with Gasteiger partial charge in [0.1, 0.15) is 0 Å². The number of carbonyl (C=O) groups excluding carboxylic acids is 1. The number of rotatable bonds is 6. The predicted molar refractivity (Wildman–Crippen MR) is 84.2 cm³/mol. The Bertz CT molecular complexity index is 547. The summed E-state index contributed by atoms with van der Waals surface area (Å²) in [6, 6.07) is 6.34. The smallest absolute Gasteiger partial charge is 0.269 e. The third-order valence-electron chi connectivity index (χ3n) is 4.39. The summed E-state index contributed by atoms with van der Waals surface area (Å²) in [5.41, 5.74) is 6.81. The minimum Gasteiger partial charge on any atom is -0.349 e. The Balaban J connectivity index is 2.00. The third kappa shape index (κ3) is 4.04. The number of nitro benzene ring substituents is 1. The first-order chi connectivity index (χ1) is 10.5. The molecule has 3 atom stereocenters. The number of amides is 1. The fourth-order valence-electron chi connectivity index (χ4n) is 3.09. The van der Waals surface area contributed by atoms with Crippen molar-refractivity contribution >= 4 is 11.6 Å². The van der Waals surface area contributed by atoms with Crippen LogP contribution in [-0.4, -0.2) is 16.9 Å². The molecule has 120 valence electrons. The van der Waals surface area contributed by atoms with Crippen molar-refractivity contribution in [3.8, 4) is 0 Å². The molecule has 22 heavy (non-hydrogen) atoms. The van der Waals surface area contributed by atoms with Gasteiger partial charge in [-0.05, 0) is 30.7 Å². The van der Waals surface area contributed by atoms with E-state index in [4.69, 9.17) is 5.73 Å². The van der Waals surface area contributed by atoms with Crippen LogP contribution in [0.3, 0.4) is 0 Å². The van der Waals surface area contributed by atoms with E-state index >= 15 is 0 Å². The Labute approximate surface area is 130 Å². The number of benzene rings is 1. The summed E-state index contributed by atoms with van der Waals surface area (Å²) in [7, 11) is 0. The van der Waals surface area contributed by atoms with Crippen LogP contribution < -0.4 is 11.1 Å². The number of nitrogens with one attached hydrogen (secondary N) is 1. The van der Waals surface area contributed by atoms with Crippen LogP contribution in [0.5, 0.6) is 0 Å². The summed E-state index contributed by atoms with van der Waals surface area (Å²) in [6.45, 7) is 1.95. The fraction of sp³-hybridized carbons (Fsp3) is 0.562. The molecule has 6 nitrogen and oxygen atoms in total. The highest BCUT2D eigenvalue weighted by atomic mass is 16.6. The molecular formula is C16H23N3O3. The van der Waals surface area contributed by atoms with Gasteiger partial charge in [0, 0.05) is 24.6 Å². The SMILES string of the molecule is CCC(NC(=O)C[C@@H]1CCC[C@H]1N)c1cccc([N+](=O)[O-])c1. The number of nitro groups is 1. The summed E-state index contributed by atoms with van der Waals surface area (Å²) in [5.74, 6) is 0.225. The molecule has 3 N–H and O–H groups in total. The maximum absolute atomic E-state index is 12.2. The van der Waals surface area contributed by atoms with Crippen molar-refractivity contribution in [1.29, 1.82) is 0 Å². The molecule has 1 saturated carbocycles. The van der Waals surface area contributed by atoms with Crippen LogP contribution in [0.15, 0.2) is 24.3 Å². The molecule has 0 saturated heterocycles. The van der Waals surface area contributed by atoms with Crippen molar-refractivity contribution in [2.45, 2.75) is 51.1 Å². The molecule has 1 unspecified atom stereocenters. The van der Waals surface area contributed by atoms with Gasteiger partial charge in [0.25, 0.3) is 5.69 Å². The van der Waals surface area contributed by atoms with Crippen molar-refractivity contribution < 1.29 is 9.72 Å². The zero-order valence-corrected chi connectivity index (χ0v) is 12.8. The normalized spacial score (nSPS) is 22.3. The quantitative estimate of drug-likeness (QED) is 0.623. The minimum absolute atomic E-state index is 0.0271. The van der Waals surface area contributed by atoms with E-state index in [-0.39, 0.29) is 29.6 Å². The van der Waals surface area contributed by atoms with Crippen molar-refractivity contribution in [2.75, 3.05) is 0 Å². The van der Waals surface area contributed by atoms with Crippen LogP contribution in [0.2, 0.25) is 0 Å². The van der Waals surface area contributed by atoms with Crippen molar-refractivity contribution in [3.05, 3.63) is 39.9 Å². The highest BCUT2D eigenvalue weighted by Crippen LogP contribution is 2.27. The van der Waals surface area contributed by atoms with Gasteiger partial charge in [0.2, 0.25) is 5.91 Å². The van der Waals surface area contributed by atoms with Crippen LogP contribution in [0, 0.1) is 16.0 Å². The Morgan fingerprint density at radius 2 is 2.27 bits per heavy atom. The van der Waals surface area contributed by atoms with Gasteiger partial charge in [-0.3, -0.25) is 14.9 Å². The predicted octanol–water partition coefficient (Wildman–Crippen LogP) is 2.68. The lowest BCUT2D eigenvalue weighted by Gasteiger charge is -2.20. The second-order valence-corrected chi connectivity index (χ2v) is 5.94. The number of carbonyl (C=O) groups is 1. The van der Waals surface area contributed by atoms with E-state index in [1.54, 1.807) is 6.07 Å². The van der Waals surface area contributed by atoms with Gasteiger partial charge in [0.15, 0.2) is 0 Å². The van der Waals surface area contributed by atoms with Gasteiger partial charge < -0.3 is 11.1 Å². The Kier molecular flexibility index (Phi) is 5.49.